The Morgan fingerprint density at radius 3 is 1.15 bits per heavy atom. The predicted octanol–water partition coefficient (Wildman–Crippen LogP) is 11.3. The van der Waals surface area contributed by atoms with Crippen molar-refractivity contribution < 1.29 is 49.0 Å². The Morgan fingerprint density at radius 2 is 0.797 bits per heavy atom. The van der Waals surface area contributed by atoms with Crippen LogP contribution in [0.3, 0.4) is 0 Å². The van der Waals surface area contributed by atoms with Crippen LogP contribution < -0.4 is 0 Å². The molecule has 0 aromatic heterocycles. The van der Waals surface area contributed by atoms with Gasteiger partial charge in [-0.25, -0.2) is 0 Å². The van der Waals surface area contributed by atoms with Gasteiger partial charge in [0.05, 0.1) is 13.2 Å². The Labute approximate surface area is 361 Å². The van der Waals surface area contributed by atoms with Gasteiger partial charge in [0.25, 0.3) is 0 Å². The third kappa shape index (κ3) is 32.1. The minimum atomic E-state index is -1.59. The minimum Gasteiger partial charge on any atom is -0.462 e. The highest BCUT2D eigenvalue weighted by atomic mass is 16.7. The van der Waals surface area contributed by atoms with Gasteiger partial charge in [0.1, 0.15) is 31.0 Å². The largest absolute Gasteiger partial charge is 0.462 e. The molecule has 59 heavy (non-hydrogen) atoms. The second kappa shape index (κ2) is 40.8. The van der Waals surface area contributed by atoms with Crippen LogP contribution in [0.25, 0.3) is 0 Å². The number of hydrogen-bond donors (Lipinski definition) is 4. The fraction of sp³-hybridized carbons (Fsp3) is 0.959. The number of unbranched alkanes of at least 4 members (excludes halogenated alkanes) is 32. The molecular weight excluding hydrogens is 749 g/mol. The molecule has 0 bridgehead atoms. The van der Waals surface area contributed by atoms with Gasteiger partial charge in [0.2, 0.25) is 0 Å². The van der Waals surface area contributed by atoms with Gasteiger partial charge in [-0.3, -0.25) is 9.59 Å². The maximum atomic E-state index is 12.8. The van der Waals surface area contributed by atoms with Crippen LogP contribution in [0.4, 0.5) is 0 Å². The summed E-state index contributed by atoms with van der Waals surface area (Å²) in [5.41, 5.74) is 0. The molecule has 350 valence electrons. The van der Waals surface area contributed by atoms with E-state index in [4.69, 9.17) is 18.9 Å². The molecule has 0 saturated carbocycles. The van der Waals surface area contributed by atoms with Crippen molar-refractivity contribution in [3.05, 3.63) is 0 Å². The number of rotatable bonds is 43. The molecule has 1 rings (SSSR count). The third-order valence-electron chi connectivity index (χ3n) is 12.0. The molecule has 0 radical (unpaired) electrons. The summed E-state index contributed by atoms with van der Waals surface area (Å²) in [4.78, 5) is 25.4. The van der Waals surface area contributed by atoms with E-state index in [0.717, 1.165) is 32.1 Å². The van der Waals surface area contributed by atoms with E-state index in [2.05, 4.69) is 13.8 Å². The zero-order chi connectivity index (χ0) is 43.0. The van der Waals surface area contributed by atoms with Crippen LogP contribution in [0.2, 0.25) is 0 Å². The minimum absolute atomic E-state index is 0.209. The van der Waals surface area contributed by atoms with Crippen LogP contribution in [0, 0.1) is 0 Å². The van der Waals surface area contributed by atoms with Gasteiger partial charge < -0.3 is 39.4 Å². The lowest BCUT2D eigenvalue weighted by Gasteiger charge is -2.39. The quantitative estimate of drug-likeness (QED) is 0.0345. The Morgan fingerprint density at radius 1 is 0.458 bits per heavy atom. The molecule has 10 nitrogen and oxygen atoms in total. The topological polar surface area (TPSA) is 152 Å². The zero-order valence-electron chi connectivity index (χ0n) is 38.3. The molecule has 1 fully saturated rings. The lowest BCUT2D eigenvalue weighted by atomic mass is 9.99. The lowest BCUT2D eigenvalue weighted by molar-refractivity contribution is -0.305. The molecular formula is C49H94O10. The van der Waals surface area contributed by atoms with Crippen molar-refractivity contribution in [2.45, 2.75) is 282 Å². The molecule has 0 aliphatic carbocycles. The third-order valence-corrected chi connectivity index (χ3v) is 12.0. The van der Waals surface area contributed by atoms with Gasteiger partial charge in [-0.05, 0) is 12.8 Å². The molecule has 0 amide bonds. The number of carbonyl (C=O) groups excluding carboxylic acids is 2. The normalized spacial score (nSPS) is 19.9. The van der Waals surface area contributed by atoms with Crippen LogP contribution in [0.5, 0.6) is 0 Å². The van der Waals surface area contributed by atoms with E-state index < -0.39 is 49.4 Å². The molecule has 0 aromatic rings. The van der Waals surface area contributed by atoms with E-state index in [1.807, 2.05) is 0 Å². The second-order valence-electron chi connectivity index (χ2n) is 17.6. The molecule has 0 spiro atoms. The highest BCUT2D eigenvalue weighted by Gasteiger charge is 2.44. The molecule has 1 saturated heterocycles. The van der Waals surface area contributed by atoms with E-state index in [-0.39, 0.29) is 32.0 Å². The summed E-state index contributed by atoms with van der Waals surface area (Å²) < 4.78 is 22.2. The first-order valence-electron chi connectivity index (χ1n) is 25.1. The molecule has 10 heteroatoms. The van der Waals surface area contributed by atoms with Gasteiger partial charge in [-0.1, -0.05) is 219 Å². The number of carbonyl (C=O) groups is 2. The van der Waals surface area contributed by atoms with Crippen LogP contribution in [-0.4, -0.2) is 89.0 Å². The second-order valence-corrected chi connectivity index (χ2v) is 17.6. The van der Waals surface area contributed by atoms with Crippen LogP contribution in [0.1, 0.15) is 245 Å². The number of esters is 2. The van der Waals surface area contributed by atoms with Gasteiger partial charge >= 0.3 is 11.9 Å². The Hall–Kier alpha value is -1.30. The summed E-state index contributed by atoms with van der Waals surface area (Å²) in [6.45, 7) is 3.47. The van der Waals surface area contributed by atoms with E-state index in [9.17, 15) is 30.0 Å². The maximum Gasteiger partial charge on any atom is 0.306 e. The van der Waals surface area contributed by atoms with Gasteiger partial charge in [-0.2, -0.15) is 0 Å². The van der Waals surface area contributed by atoms with Crippen molar-refractivity contribution in [3.63, 3.8) is 0 Å². The SMILES string of the molecule is CCCCCCCCCCCCCCCCCCCCCCCC(=O)O[C@H](COC(=O)CCCCCCCCCCCCCCC)CO[C@@H]1O[C@H](CO)[C@H](O)C(O)C1O. The summed E-state index contributed by atoms with van der Waals surface area (Å²) >= 11 is 0. The van der Waals surface area contributed by atoms with Crippen molar-refractivity contribution >= 4 is 11.9 Å². The summed E-state index contributed by atoms with van der Waals surface area (Å²) in [7, 11) is 0. The molecule has 1 aliphatic rings. The highest BCUT2D eigenvalue weighted by molar-refractivity contribution is 5.70. The first-order chi connectivity index (χ1) is 28.8. The summed E-state index contributed by atoms with van der Waals surface area (Å²) in [6.07, 6.45) is 35.4. The lowest BCUT2D eigenvalue weighted by Crippen LogP contribution is -2.59. The van der Waals surface area contributed by atoms with Crippen molar-refractivity contribution in [2.24, 2.45) is 0 Å². The predicted molar refractivity (Wildman–Crippen MR) is 238 cm³/mol. The average molecular weight is 843 g/mol. The summed E-state index contributed by atoms with van der Waals surface area (Å²) in [6, 6.07) is 0. The van der Waals surface area contributed by atoms with Gasteiger partial charge in [-0.15, -0.1) is 0 Å². The number of aliphatic hydroxyl groups excluding tert-OH is 4. The van der Waals surface area contributed by atoms with E-state index in [0.29, 0.717) is 6.42 Å². The Bertz CT molecular complexity index is 932. The van der Waals surface area contributed by atoms with E-state index >= 15 is 0 Å². The zero-order valence-corrected chi connectivity index (χ0v) is 38.3. The van der Waals surface area contributed by atoms with Crippen molar-refractivity contribution in [3.8, 4) is 0 Å². The van der Waals surface area contributed by atoms with Crippen molar-refractivity contribution in [1.82, 2.24) is 0 Å². The summed E-state index contributed by atoms with van der Waals surface area (Å²) in [5, 5.41) is 40.1. The smallest absolute Gasteiger partial charge is 0.306 e. The van der Waals surface area contributed by atoms with Gasteiger partial charge in [0.15, 0.2) is 12.4 Å². The molecule has 6 atom stereocenters. The number of hydrogen-bond acceptors (Lipinski definition) is 10. The summed E-state index contributed by atoms with van der Waals surface area (Å²) in [5.74, 6) is -0.788. The first-order valence-corrected chi connectivity index (χ1v) is 25.1. The first kappa shape index (κ1) is 55.7. The van der Waals surface area contributed by atoms with Crippen LogP contribution in [0.15, 0.2) is 0 Å². The standard InChI is InChI=1S/C49H94O10/c1-3-5-7-9-11-13-15-17-18-19-20-21-22-23-24-26-28-30-32-34-36-38-45(52)58-42(41-57-49-48(55)47(54)46(53)43(39-50)59-49)40-56-44(51)37-35-33-31-29-27-25-16-14-12-10-8-6-4-2/h42-43,46-50,53-55H,3-41H2,1-2H3/t42-,43-,46+,47?,48?,49-/m1/s1. The fourth-order valence-electron chi connectivity index (χ4n) is 8.01. The van der Waals surface area contributed by atoms with Crippen molar-refractivity contribution in [1.29, 1.82) is 0 Å². The maximum absolute atomic E-state index is 12.8. The molecule has 2 unspecified atom stereocenters. The van der Waals surface area contributed by atoms with E-state index in [1.54, 1.807) is 0 Å². The Balaban J connectivity index is 2.23. The molecule has 1 aliphatic heterocycles. The number of ether oxygens (including phenoxy) is 4. The van der Waals surface area contributed by atoms with Crippen LogP contribution >= 0.6 is 0 Å². The molecule has 4 N–H and O–H groups in total. The highest BCUT2D eigenvalue weighted by Crippen LogP contribution is 2.23. The van der Waals surface area contributed by atoms with Crippen molar-refractivity contribution in [2.75, 3.05) is 19.8 Å². The molecule has 1 heterocycles. The number of aliphatic hydroxyl groups is 4. The van der Waals surface area contributed by atoms with Gasteiger partial charge in [0, 0.05) is 12.8 Å². The Kier molecular flexibility index (Phi) is 38.5. The molecule has 0 aromatic carbocycles. The van der Waals surface area contributed by atoms with Crippen LogP contribution in [-0.2, 0) is 28.5 Å². The monoisotopic (exact) mass is 843 g/mol. The fourth-order valence-corrected chi connectivity index (χ4v) is 8.01. The van der Waals surface area contributed by atoms with E-state index in [1.165, 1.54) is 180 Å². The average Bonchev–Trinajstić information content (AvgIpc) is 3.23.